The Hall–Kier alpha value is -5.51. The van der Waals surface area contributed by atoms with E-state index in [2.05, 4.69) is 48.3 Å². The predicted octanol–water partition coefficient (Wildman–Crippen LogP) is 4.93. The number of imide groups is 1. The number of aryl methyl sites for hydroxylation is 1. The number of amides is 4. The van der Waals surface area contributed by atoms with Crippen LogP contribution in [-0.2, 0) is 27.0 Å². The van der Waals surface area contributed by atoms with Crippen LogP contribution in [0.1, 0.15) is 79.3 Å². The Morgan fingerprint density at radius 1 is 1.02 bits per heavy atom. The number of carbonyl (C=O) groups is 4. The number of carbonyl (C=O) groups excluding carboxylic acids is 4. The summed E-state index contributed by atoms with van der Waals surface area (Å²) < 4.78 is 47.1. The van der Waals surface area contributed by atoms with Crippen LogP contribution < -0.4 is 26.0 Å². The summed E-state index contributed by atoms with van der Waals surface area (Å²) in [6.45, 7) is 6.01. The third-order valence-corrected chi connectivity index (χ3v) is 9.34. The zero-order chi connectivity index (χ0) is 38.4. The molecule has 54 heavy (non-hydrogen) atoms. The SMILES string of the molecule is CC(C)Oc1cc2nc(CCCNC(=O)CN3CCC(c4ccc(NC5CCC(=O)NC5=O)cc4)CC3)cn2cc1NC(=O)c1cccc(C(F)(F)F)n1. The van der Waals surface area contributed by atoms with Crippen molar-refractivity contribution in [3.05, 3.63) is 83.6 Å². The number of nitrogens with one attached hydrogen (secondary N) is 4. The van der Waals surface area contributed by atoms with Crippen LogP contribution in [0.4, 0.5) is 24.5 Å². The van der Waals surface area contributed by atoms with Crippen molar-refractivity contribution in [3.63, 3.8) is 0 Å². The van der Waals surface area contributed by atoms with E-state index in [9.17, 15) is 32.3 Å². The van der Waals surface area contributed by atoms with E-state index in [0.29, 0.717) is 56.1 Å². The van der Waals surface area contributed by atoms with Crippen LogP contribution >= 0.6 is 0 Å². The topological polar surface area (TPSA) is 159 Å². The van der Waals surface area contributed by atoms with Crippen LogP contribution in [0.25, 0.3) is 5.65 Å². The van der Waals surface area contributed by atoms with E-state index in [4.69, 9.17) is 4.74 Å². The normalized spacial score (nSPS) is 17.0. The standard InChI is InChI=1S/C38H43F3N8O5/c1-23(2)54-31-19-33-44-27(20-49(33)21-30(31)46-36(52)28-6-3-7-32(45-28)38(39,40)41)5-4-16-42-35(51)22-48-17-14-25(15-18-48)24-8-10-26(11-9-24)43-29-12-13-34(50)47-37(29)53/h3,6-11,19-21,23,25,29,43H,4-5,12-18,22H2,1-2H3,(H,42,51)(H,46,52)(H,47,50,53). The van der Waals surface area contributed by atoms with Gasteiger partial charge in [-0.3, -0.25) is 29.4 Å². The fourth-order valence-electron chi connectivity index (χ4n) is 6.60. The van der Waals surface area contributed by atoms with Gasteiger partial charge in [-0.1, -0.05) is 18.2 Å². The Morgan fingerprint density at radius 2 is 1.78 bits per heavy atom. The lowest BCUT2D eigenvalue weighted by Gasteiger charge is -2.31. The highest BCUT2D eigenvalue weighted by molar-refractivity contribution is 6.04. The van der Waals surface area contributed by atoms with E-state index in [-0.39, 0.29) is 35.2 Å². The Bertz CT molecular complexity index is 1990. The first-order valence-electron chi connectivity index (χ1n) is 18.0. The number of rotatable bonds is 13. The van der Waals surface area contributed by atoms with Gasteiger partial charge in [-0.2, -0.15) is 13.2 Å². The van der Waals surface area contributed by atoms with Gasteiger partial charge in [0, 0.05) is 37.1 Å². The van der Waals surface area contributed by atoms with E-state index >= 15 is 0 Å². The van der Waals surface area contributed by atoms with Crippen LogP contribution in [0.2, 0.25) is 0 Å². The molecular formula is C38H43F3N8O5. The maximum absolute atomic E-state index is 13.2. The van der Waals surface area contributed by atoms with Crippen LogP contribution in [0.15, 0.2) is 60.9 Å². The molecule has 4 amide bonds. The van der Waals surface area contributed by atoms with Crippen molar-refractivity contribution < 1.29 is 37.1 Å². The number of alkyl halides is 3. The number of hydrogen-bond acceptors (Lipinski definition) is 9. The molecule has 0 spiro atoms. The van der Waals surface area contributed by atoms with E-state index in [1.807, 2.05) is 26.0 Å². The fraction of sp³-hybridized carbons (Fsp3) is 0.421. The third kappa shape index (κ3) is 9.92. The van der Waals surface area contributed by atoms with Crippen LogP contribution in [0.3, 0.4) is 0 Å². The minimum atomic E-state index is -4.69. The number of aromatic nitrogens is 3. The summed E-state index contributed by atoms with van der Waals surface area (Å²) in [5, 5.41) is 11.2. The second-order valence-electron chi connectivity index (χ2n) is 13.8. The van der Waals surface area contributed by atoms with Crippen molar-refractivity contribution in [1.82, 2.24) is 29.9 Å². The molecule has 6 rings (SSSR count). The minimum Gasteiger partial charge on any atom is -0.489 e. The molecule has 2 aliphatic rings. The molecule has 0 radical (unpaired) electrons. The molecule has 2 aliphatic heterocycles. The van der Waals surface area contributed by atoms with E-state index in [1.54, 1.807) is 22.9 Å². The van der Waals surface area contributed by atoms with Crippen molar-refractivity contribution in [1.29, 1.82) is 0 Å². The zero-order valence-corrected chi connectivity index (χ0v) is 30.0. The van der Waals surface area contributed by atoms with Gasteiger partial charge in [-0.25, -0.2) is 9.97 Å². The lowest BCUT2D eigenvalue weighted by atomic mass is 9.89. The van der Waals surface area contributed by atoms with Crippen molar-refractivity contribution in [3.8, 4) is 5.75 Å². The van der Waals surface area contributed by atoms with Gasteiger partial charge in [-0.15, -0.1) is 0 Å². The second-order valence-corrected chi connectivity index (χ2v) is 13.8. The van der Waals surface area contributed by atoms with Gasteiger partial charge in [0.25, 0.3) is 5.91 Å². The Balaban J connectivity index is 0.950. The molecule has 0 saturated carbocycles. The quantitative estimate of drug-likeness (QED) is 0.110. The molecule has 286 valence electrons. The zero-order valence-electron chi connectivity index (χ0n) is 30.0. The van der Waals surface area contributed by atoms with Gasteiger partial charge in [0.05, 0.1) is 18.3 Å². The number of likely N-dealkylation sites (tertiary alicyclic amines) is 1. The highest BCUT2D eigenvalue weighted by Gasteiger charge is 2.33. The molecule has 3 aromatic heterocycles. The predicted molar refractivity (Wildman–Crippen MR) is 194 cm³/mol. The molecule has 2 fully saturated rings. The van der Waals surface area contributed by atoms with Gasteiger partial charge < -0.3 is 25.1 Å². The van der Waals surface area contributed by atoms with Gasteiger partial charge in [-0.05, 0) is 94.8 Å². The summed E-state index contributed by atoms with van der Waals surface area (Å²) in [6, 6.07) is 12.4. The molecule has 2 saturated heterocycles. The van der Waals surface area contributed by atoms with E-state index in [1.165, 1.54) is 11.6 Å². The van der Waals surface area contributed by atoms with E-state index in [0.717, 1.165) is 49.4 Å². The summed E-state index contributed by atoms with van der Waals surface area (Å²) in [7, 11) is 0. The molecule has 1 atom stereocenters. The molecule has 4 N–H and O–H groups in total. The number of anilines is 2. The number of ether oxygens (including phenoxy) is 1. The Labute approximate surface area is 310 Å². The molecule has 13 nitrogen and oxygen atoms in total. The largest absolute Gasteiger partial charge is 0.489 e. The maximum atomic E-state index is 13.2. The monoisotopic (exact) mass is 748 g/mol. The highest BCUT2D eigenvalue weighted by Crippen LogP contribution is 2.31. The van der Waals surface area contributed by atoms with Crippen LogP contribution in [-0.4, -0.2) is 81.2 Å². The number of nitrogens with zero attached hydrogens (tertiary/aromatic N) is 4. The van der Waals surface area contributed by atoms with Gasteiger partial charge in [0.15, 0.2) is 0 Å². The minimum absolute atomic E-state index is 0.0431. The maximum Gasteiger partial charge on any atom is 0.433 e. The van der Waals surface area contributed by atoms with Crippen molar-refractivity contribution in [2.24, 2.45) is 0 Å². The molecule has 16 heteroatoms. The summed E-state index contributed by atoms with van der Waals surface area (Å²) in [6.07, 6.45) is 2.32. The molecule has 0 bridgehead atoms. The Kier molecular flexibility index (Phi) is 11.8. The number of imidazole rings is 1. The highest BCUT2D eigenvalue weighted by atomic mass is 19.4. The van der Waals surface area contributed by atoms with Crippen molar-refractivity contribution in [2.45, 2.75) is 76.6 Å². The van der Waals surface area contributed by atoms with Crippen molar-refractivity contribution >= 4 is 40.7 Å². The molecule has 4 aromatic rings. The summed E-state index contributed by atoms with van der Waals surface area (Å²) in [5.41, 5.74) is 2.07. The van der Waals surface area contributed by atoms with Gasteiger partial charge in [0.2, 0.25) is 17.7 Å². The number of halogens is 3. The fourth-order valence-corrected chi connectivity index (χ4v) is 6.60. The molecule has 1 unspecified atom stereocenters. The summed E-state index contributed by atoms with van der Waals surface area (Å²) in [5.74, 6) is -0.709. The molecular weight excluding hydrogens is 705 g/mol. The first kappa shape index (κ1) is 38.2. The second kappa shape index (κ2) is 16.7. The average Bonchev–Trinajstić information content (AvgIpc) is 3.53. The molecule has 1 aromatic carbocycles. The van der Waals surface area contributed by atoms with Crippen LogP contribution in [0.5, 0.6) is 5.75 Å². The molecule has 0 aliphatic carbocycles. The summed E-state index contributed by atoms with van der Waals surface area (Å²) >= 11 is 0. The number of fused-ring (bicyclic) bond motifs is 1. The number of pyridine rings is 2. The lowest BCUT2D eigenvalue weighted by molar-refractivity contribution is -0.141. The first-order chi connectivity index (χ1) is 25.8. The summed E-state index contributed by atoms with van der Waals surface area (Å²) in [4.78, 5) is 59.4. The van der Waals surface area contributed by atoms with Crippen molar-refractivity contribution in [2.75, 3.05) is 36.8 Å². The number of hydrogen-bond donors (Lipinski definition) is 4. The average molecular weight is 749 g/mol. The van der Waals surface area contributed by atoms with Gasteiger partial charge in [0.1, 0.15) is 34.5 Å². The smallest absolute Gasteiger partial charge is 0.433 e. The molecule has 5 heterocycles. The lowest BCUT2D eigenvalue weighted by Crippen LogP contribution is -2.47. The first-order valence-corrected chi connectivity index (χ1v) is 18.0. The van der Waals surface area contributed by atoms with E-state index < -0.39 is 23.8 Å². The number of benzene rings is 1. The number of piperidine rings is 2. The van der Waals surface area contributed by atoms with Gasteiger partial charge >= 0.3 is 6.18 Å². The van der Waals surface area contributed by atoms with Crippen LogP contribution in [0, 0.1) is 0 Å². The third-order valence-electron chi connectivity index (χ3n) is 9.34. The Morgan fingerprint density at radius 3 is 2.48 bits per heavy atom.